The topological polar surface area (TPSA) is 32.3 Å². The van der Waals surface area contributed by atoms with E-state index in [1.807, 2.05) is 0 Å². The van der Waals surface area contributed by atoms with Gasteiger partial charge in [-0.1, -0.05) is 32.6 Å². The first-order valence-electron chi connectivity index (χ1n) is 7.67. The van der Waals surface area contributed by atoms with E-state index in [1.54, 1.807) is 0 Å². The highest BCUT2D eigenvalue weighted by Gasteiger charge is 2.30. The van der Waals surface area contributed by atoms with E-state index in [0.717, 1.165) is 25.3 Å². The van der Waals surface area contributed by atoms with Gasteiger partial charge in [-0.25, -0.2) is 0 Å². The van der Waals surface area contributed by atoms with Crippen LogP contribution in [0.3, 0.4) is 0 Å². The molecule has 2 aliphatic rings. The minimum Gasteiger partial charge on any atom is -0.389 e. The average molecular weight is 239 g/mol. The summed E-state index contributed by atoms with van der Waals surface area (Å²) in [5, 5.41) is 14.1. The molecule has 0 saturated heterocycles. The van der Waals surface area contributed by atoms with Gasteiger partial charge in [0.15, 0.2) is 0 Å². The van der Waals surface area contributed by atoms with Crippen molar-refractivity contribution in [1.29, 1.82) is 0 Å². The van der Waals surface area contributed by atoms with Crippen molar-refractivity contribution in [3.05, 3.63) is 0 Å². The summed E-state index contributed by atoms with van der Waals surface area (Å²) in [7, 11) is 0. The molecule has 0 unspecified atom stereocenters. The van der Waals surface area contributed by atoms with Crippen LogP contribution in [-0.4, -0.2) is 23.3 Å². The van der Waals surface area contributed by atoms with E-state index in [-0.39, 0.29) is 5.60 Å². The van der Waals surface area contributed by atoms with Crippen LogP contribution in [-0.2, 0) is 0 Å². The van der Waals surface area contributed by atoms with Crippen molar-refractivity contribution >= 4 is 0 Å². The lowest BCUT2D eigenvalue weighted by Gasteiger charge is -2.35. The third-order valence-electron chi connectivity index (χ3n) is 4.93. The van der Waals surface area contributed by atoms with Gasteiger partial charge in [-0.15, -0.1) is 0 Å². The number of nitrogens with one attached hydrogen (secondary N) is 1. The van der Waals surface area contributed by atoms with Crippen LogP contribution < -0.4 is 5.32 Å². The molecule has 0 bridgehead atoms. The van der Waals surface area contributed by atoms with Crippen LogP contribution in [0.2, 0.25) is 0 Å². The molecular formula is C15H29NO. The highest BCUT2D eigenvalue weighted by molar-refractivity contribution is 4.87. The second kappa shape index (κ2) is 6.19. The fourth-order valence-electron chi connectivity index (χ4n) is 3.50. The monoisotopic (exact) mass is 239 g/mol. The molecule has 17 heavy (non-hydrogen) atoms. The first-order valence-corrected chi connectivity index (χ1v) is 7.67. The van der Waals surface area contributed by atoms with Crippen molar-refractivity contribution in [2.75, 3.05) is 6.54 Å². The molecule has 0 aromatic heterocycles. The number of rotatable bonds is 4. The fourth-order valence-corrected chi connectivity index (χ4v) is 3.50. The van der Waals surface area contributed by atoms with Gasteiger partial charge in [-0.05, 0) is 44.4 Å². The van der Waals surface area contributed by atoms with Gasteiger partial charge in [-0.3, -0.25) is 0 Å². The van der Waals surface area contributed by atoms with Crippen LogP contribution in [0.25, 0.3) is 0 Å². The summed E-state index contributed by atoms with van der Waals surface area (Å²) >= 11 is 0. The summed E-state index contributed by atoms with van der Waals surface area (Å²) in [6.45, 7) is 3.14. The molecule has 2 nitrogen and oxygen atoms in total. The lowest BCUT2D eigenvalue weighted by molar-refractivity contribution is 0.00126. The van der Waals surface area contributed by atoms with Gasteiger partial charge < -0.3 is 10.4 Å². The minimum absolute atomic E-state index is 0.389. The van der Waals surface area contributed by atoms with Crippen LogP contribution in [0, 0.1) is 5.92 Å². The lowest BCUT2D eigenvalue weighted by Crippen LogP contribution is -2.46. The molecule has 0 heterocycles. The van der Waals surface area contributed by atoms with E-state index >= 15 is 0 Å². The van der Waals surface area contributed by atoms with E-state index < -0.39 is 0 Å². The summed E-state index contributed by atoms with van der Waals surface area (Å²) in [5.74, 6) is 0.964. The Morgan fingerprint density at radius 2 is 1.71 bits per heavy atom. The van der Waals surface area contributed by atoms with E-state index in [9.17, 15) is 5.11 Å². The second-order valence-electron chi connectivity index (χ2n) is 6.29. The smallest absolute Gasteiger partial charge is 0.0771 e. The minimum atomic E-state index is -0.389. The Kier molecular flexibility index (Phi) is 4.87. The molecule has 0 radical (unpaired) electrons. The second-order valence-corrected chi connectivity index (χ2v) is 6.29. The van der Waals surface area contributed by atoms with Gasteiger partial charge in [0.25, 0.3) is 0 Å². The number of hydrogen-bond acceptors (Lipinski definition) is 2. The molecule has 2 fully saturated rings. The van der Waals surface area contributed by atoms with Crippen LogP contribution in [0.4, 0.5) is 0 Å². The highest BCUT2D eigenvalue weighted by Crippen LogP contribution is 2.29. The summed E-state index contributed by atoms with van der Waals surface area (Å²) in [6, 6.07) is 0.670. The molecule has 0 aromatic carbocycles. The van der Waals surface area contributed by atoms with Crippen LogP contribution >= 0.6 is 0 Å². The van der Waals surface area contributed by atoms with E-state index in [1.165, 1.54) is 51.4 Å². The highest BCUT2D eigenvalue weighted by atomic mass is 16.3. The molecular weight excluding hydrogens is 210 g/mol. The molecule has 100 valence electrons. The van der Waals surface area contributed by atoms with Gasteiger partial charge in [-0.2, -0.15) is 0 Å². The molecule has 2 rings (SSSR count). The van der Waals surface area contributed by atoms with Gasteiger partial charge in [0, 0.05) is 12.6 Å². The normalized spacial score (nSPS) is 33.5. The van der Waals surface area contributed by atoms with Crippen molar-refractivity contribution in [3.8, 4) is 0 Å². The quantitative estimate of drug-likeness (QED) is 0.789. The molecule has 2 aliphatic carbocycles. The maximum Gasteiger partial charge on any atom is 0.0771 e. The zero-order valence-corrected chi connectivity index (χ0v) is 11.4. The van der Waals surface area contributed by atoms with Crippen molar-refractivity contribution in [2.45, 2.75) is 82.8 Å². The molecule has 2 saturated carbocycles. The molecule has 2 heteroatoms. The van der Waals surface area contributed by atoms with Gasteiger partial charge in [0.2, 0.25) is 0 Å². The average Bonchev–Trinajstić information content (AvgIpc) is 2.38. The third-order valence-corrected chi connectivity index (χ3v) is 4.93. The van der Waals surface area contributed by atoms with Crippen LogP contribution in [0.5, 0.6) is 0 Å². The fraction of sp³-hybridized carbons (Fsp3) is 1.00. The zero-order chi connectivity index (χ0) is 12.1. The summed E-state index contributed by atoms with van der Waals surface area (Å²) in [4.78, 5) is 0. The Bertz CT molecular complexity index is 215. The Morgan fingerprint density at radius 3 is 2.29 bits per heavy atom. The molecule has 0 atom stereocenters. The van der Waals surface area contributed by atoms with Crippen molar-refractivity contribution in [1.82, 2.24) is 5.32 Å². The molecule has 0 aliphatic heterocycles. The molecule has 0 spiro atoms. The zero-order valence-electron chi connectivity index (χ0n) is 11.4. The summed E-state index contributed by atoms with van der Waals surface area (Å²) in [5.41, 5.74) is -0.389. The standard InChI is InChI=1S/C15H29NO/c1-2-13-6-8-14(9-7-13)16-12-15(17)10-4-3-5-11-15/h13-14,16-17H,2-12H2,1H3. The van der Waals surface area contributed by atoms with Crippen molar-refractivity contribution < 1.29 is 5.11 Å². The molecule has 0 amide bonds. The lowest BCUT2D eigenvalue weighted by atomic mass is 9.82. The SMILES string of the molecule is CCC1CCC(NCC2(O)CCCCC2)CC1. The van der Waals surface area contributed by atoms with Crippen molar-refractivity contribution in [3.63, 3.8) is 0 Å². The maximum absolute atomic E-state index is 10.4. The van der Waals surface area contributed by atoms with E-state index in [0.29, 0.717) is 6.04 Å². The maximum atomic E-state index is 10.4. The first kappa shape index (κ1) is 13.4. The Balaban J connectivity index is 1.68. The van der Waals surface area contributed by atoms with Crippen LogP contribution in [0.15, 0.2) is 0 Å². The number of aliphatic hydroxyl groups is 1. The Hall–Kier alpha value is -0.0800. The largest absolute Gasteiger partial charge is 0.389 e. The Morgan fingerprint density at radius 1 is 1.06 bits per heavy atom. The summed E-state index contributed by atoms with van der Waals surface area (Å²) < 4.78 is 0. The molecule has 2 N–H and O–H groups in total. The van der Waals surface area contributed by atoms with E-state index in [2.05, 4.69) is 12.2 Å². The number of hydrogen-bond donors (Lipinski definition) is 2. The van der Waals surface area contributed by atoms with Gasteiger partial charge in [0.05, 0.1) is 5.60 Å². The van der Waals surface area contributed by atoms with Crippen LogP contribution in [0.1, 0.15) is 71.1 Å². The predicted molar refractivity (Wildman–Crippen MR) is 72.1 cm³/mol. The molecule has 0 aromatic rings. The van der Waals surface area contributed by atoms with E-state index in [4.69, 9.17) is 0 Å². The van der Waals surface area contributed by atoms with Gasteiger partial charge in [0.1, 0.15) is 0 Å². The Labute approximate surface area is 106 Å². The predicted octanol–water partition coefficient (Wildman–Crippen LogP) is 3.24. The summed E-state index contributed by atoms with van der Waals surface area (Å²) in [6.07, 6.45) is 12.5. The first-order chi connectivity index (χ1) is 8.22. The van der Waals surface area contributed by atoms with Crippen molar-refractivity contribution in [2.24, 2.45) is 5.92 Å². The third kappa shape index (κ3) is 3.96. The van der Waals surface area contributed by atoms with Gasteiger partial charge >= 0.3 is 0 Å².